The first-order valence-electron chi connectivity index (χ1n) is 7.83. The largest absolute Gasteiger partial charge is 0.368 e. The first kappa shape index (κ1) is 15.6. The lowest BCUT2D eigenvalue weighted by molar-refractivity contribution is -0.108. The van der Waals surface area contributed by atoms with E-state index in [1.807, 2.05) is 0 Å². The van der Waals surface area contributed by atoms with Crippen LogP contribution in [0.2, 0.25) is 0 Å². The van der Waals surface area contributed by atoms with Crippen molar-refractivity contribution in [2.45, 2.75) is 6.04 Å². The van der Waals surface area contributed by atoms with Crippen molar-refractivity contribution in [2.24, 2.45) is 0 Å². The number of piperazine rings is 1. The van der Waals surface area contributed by atoms with Gasteiger partial charge in [0.15, 0.2) is 0 Å². The fourth-order valence-electron chi connectivity index (χ4n) is 2.92. The fraction of sp³-hybridized carbons (Fsp3) is 0.471. The number of carbonyl (C=O) groups is 1. The van der Waals surface area contributed by atoms with E-state index < -0.39 is 0 Å². The van der Waals surface area contributed by atoms with Crippen molar-refractivity contribution in [3.05, 3.63) is 34.7 Å². The molecule has 1 aromatic carbocycles. The van der Waals surface area contributed by atoms with Crippen LogP contribution in [0.1, 0.15) is 5.56 Å². The average molecular weight is 317 g/mol. The van der Waals surface area contributed by atoms with Crippen LogP contribution in [-0.4, -0.2) is 62.8 Å². The monoisotopic (exact) mass is 317 g/mol. The third-order valence-corrected chi connectivity index (χ3v) is 5.37. The Morgan fingerprint density at radius 1 is 1.23 bits per heavy atom. The zero-order chi connectivity index (χ0) is 15.4. The summed E-state index contributed by atoms with van der Waals surface area (Å²) in [7, 11) is 2.17. The molecular weight excluding hydrogens is 294 g/mol. The van der Waals surface area contributed by atoms with Crippen LogP contribution in [0.15, 0.2) is 29.2 Å². The van der Waals surface area contributed by atoms with Crippen LogP contribution in [0.5, 0.6) is 0 Å². The van der Waals surface area contributed by atoms with E-state index in [1.165, 1.54) is 11.3 Å². The number of carbonyl (C=O) groups excluding carboxylic acids is 1. The molecule has 1 N–H and O–H groups in total. The number of hydrogen-bond acceptors (Lipinski definition) is 5. The zero-order valence-electron chi connectivity index (χ0n) is 13.0. The van der Waals surface area contributed by atoms with Gasteiger partial charge in [0.1, 0.15) is 6.29 Å². The summed E-state index contributed by atoms with van der Waals surface area (Å²) in [4.78, 5) is 17.2. The highest BCUT2D eigenvalue weighted by Gasteiger charge is 2.20. The predicted octanol–water partition coefficient (Wildman–Crippen LogP) is 1.68. The molecule has 0 spiro atoms. The number of benzene rings is 1. The van der Waals surface area contributed by atoms with E-state index >= 15 is 0 Å². The summed E-state index contributed by atoms with van der Waals surface area (Å²) in [5.41, 5.74) is 2.49. The van der Waals surface area contributed by atoms with E-state index in [4.69, 9.17) is 0 Å². The number of rotatable bonds is 3. The summed E-state index contributed by atoms with van der Waals surface area (Å²) in [5.74, 6) is 1.02. The molecule has 2 fully saturated rings. The molecule has 5 heteroatoms. The van der Waals surface area contributed by atoms with Crippen molar-refractivity contribution in [1.29, 1.82) is 0 Å². The molecule has 0 aliphatic carbocycles. The molecule has 2 aliphatic rings. The van der Waals surface area contributed by atoms with E-state index in [2.05, 4.69) is 52.5 Å². The number of nitrogens with one attached hydrogen (secondary N) is 1. The molecule has 0 bridgehead atoms. The second kappa shape index (κ2) is 7.31. The van der Waals surface area contributed by atoms with Gasteiger partial charge in [0.05, 0.1) is 6.04 Å². The minimum Gasteiger partial charge on any atom is -0.368 e. The predicted molar refractivity (Wildman–Crippen MR) is 94.4 cm³/mol. The summed E-state index contributed by atoms with van der Waals surface area (Å²) in [6.45, 7) is 5.19. The van der Waals surface area contributed by atoms with Gasteiger partial charge in [-0.2, -0.15) is 0 Å². The van der Waals surface area contributed by atoms with Crippen molar-refractivity contribution in [2.75, 3.05) is 50.4 Å². The first-order valence-corrected chi connectivity index (χ1v) is 8.82. The molecular formula is C17H23N3OS. The molecule has 118 valence electrons. The number of nitrogens with zero attached hydrogens (tertiary/aromatic N) is 2. The lowest BCUT2D eigenvalue weighted by atomic mass is 10.1. The van der Waals surface area contributed by atoms with Gasteiger partial charge in [-0.3, -0.25) is 0 Å². The molecule has 0 saturated carbocycles. The Morgan fingerprint density at radius 2 is 2.00 bits per heavy atom. The van der Waals surface area contributed by atoms with Crippen molar-refractivity contribution in [3.8, 4) is 0 Å². The van der Waals surface area contributed by atoms with E-state index in [0.29, 0.717) is 0 Å². The van der Waals surface area contributed by atoms with E-state index in [9.17, 15) is 4.79 Å². The molecule has 2 heterocycles. The van der Waals surface area contributed by atoms with Crippen LogP contribution in [-0.2, 0) is 4.79 Å². The second-order valence-electron chi connectivity index (χ2n) is 5.81. The second-order valence-corrected chi connectivity index (χ2v) is 6.98. The van der Waals surface area contributed by atoms with Crippen LogP contribution in [0.4, 0.5) is 5.69 Å². The smallest absolute Gasteiger partial charge is 0.141 e. The maximum Gasteiger partial charge on any atom is 0.141 e. The fourth-order valence-corrected chi connectivity index (χ4v) is 3.90. The van der Waals surface area contributed by atoms with E-state index in [-0.39, 0.29) is 6.04 Å². The number of anilines is 1. The van der Waals surface area contributed by atoms with Crippen molar-refractivity contribution in [1.82, 2.24) is 10.2 Å². The highest BCUT2D eigenvalue weighted by Crippen LogP contribution is 2.29. The molecule has 22 heavy (non-hydrogen) atoms. The van der Waals surface area contributed by atoms with Gasteiger partial charge in [-0.25, -0.2) is 0 Å². The van der Waals surface area contributed by atoms with Crippen LogP contribution >= 0.6 is 11.8 Å². The maximum absolute atomic E-state index is 11.3. The summed E-state index contributed by atoms with van der Waals surface area (Å²) in [5, 5.41) is 3.27. The van der Waals surface area contributed by atoms with Gasteiger partial charge in [0.25, 0.3) is 0 Å². The van der Waals surface area contributed by atoms with E-state index in [0.717, 1.165) is 49.7 Å². The molecule has 1 aromatic rings. The Balaban J connectivity index is 1.86. The van der Waals surface area contributed by atoms with Gasteiger partial charge in [0, 0.05) is 49.1 Å². The Labute approximate surface area is 136 Å². The van der Waals surface area contributed by atoms with Gasteiger partial charge in [-0.1, -0.05) is 18.2 Å². The van der Waals surface area contributed by atoms with Gasteiger partial charge >= 0.3 is 0 Å². The standard InChI is InChI=1S/C17H23N3OS/c1-19-7-9-20(10-8-19)16-5-3-2-4-14(16)12-17-15(13-21)18-6-11-22-17/h2-5,12-13,15,18H,6-11H2,1H3. The van der Waals surface area contributed by atoms with E-state index in [1.54, 1.807) is 11.8 Å². The number of hydrogen-bond donors (Lipinski definition) is 1. The maximum atomic E-state index is 11.3. The Hall–Kier alpha value is -1.30. The minimum atomic E-state index is -0.153. The highest BCUT2D eigenvalue weighted by molar-refractivity contribution is 8.03. The average Bonchev–Trinajstić information content (AvgIpc) is 2.57. The molecule has 2 saturated heterocycles. The third kappa shape index (κ3) is 3.54. The third-order valence-electron chi connectivity index (χ3n) is 4.26. The molecule has 0 aromatic heterocycles. The molecule has 0 radical (unpaired) electrons. The van der Waals surface area contributed by atoms with Gasteiger partial charge in [-0.05, 0) is 24.8 Å². The molecule has 3 rings (SSSR count). The van der Waals surface area contributed by atoms with Crippen LogP contribution < -0.4 is 10.2 Å². The van der Waals surface area contributed by atoms with Crippen LogP contribution in [0, 0.1) is 0 Å². The number of aldehydes is 1. The van der Waals surface area contributed by atoms with Crippen molar-refractivity contribution in [3.63, 3.8) is 0 Å². The number of likely N-dealkylation sites (N-methyl/N-ethyl adjacent to an activating group) is 1. The molecule has 1 unspecified atom stereocenters. The number of thioether (sulfide) groups is 1. The minimum absolute atomic E-state index is 0.153. The van der Waals surface area contributed by atoms with Crippen molar-refractivity contribution < 1.29 is 4.79 Å². The quantitative estimate of drug-likeness (QED) is 0.858. The Morgan fingerprint density at radius 3 is 2.77 bits per heavy atom. The molecule has 0 amide bonds. The van der Waals surface area contributed by atoms with Crippen LogP contribution in [0.25, 0.3) is 6.08 Å². The van der Waals surface area contributed by atoms with Gasteiger partial charge in [0.2, 0.25) is 0 Å². The summed E-state index contributed by atoms with van der Waals surface area (Å²) in [6.07, 6.45) is 3.19. The first-order chi connectivity index (χ1) is 10.8. The Bertz CT molecular complexity index is 553. The lowest BCUT2D eigenvalue weighted by Crippen LogP contribution is -2.44. The van der Waals surface area contributed by atoms with Gasteiger partial charge in [-0.15, -0.1) is 11.8 Å². The zero-order valence-corrected chi connectivity index (χ0v) is 13.8. The van der Waals surface area contributed by atoms with Crippen molar-refractivity contribution >= 4 is 29.8 Å². The highest BCUT2D eigenvalue weighted by atomic mass is 32.2. The molecule has 4 nitrogen and oxygen atoms in total. The topological polar surface area (TPSA) is 35.6 Å². The normalized spacial score (nSPS) is 25.4. The Kier molecular flexibility index (Phi) is 5.18. The van der Waals surface area contributed by atoms with Crippen LogP contribution in [0.3, 0.4) is 0 Å². The summed E-state index contributed by atoms with van der Waals surface area (Å²) in [6, 6.07) is 8.35. The van der Waals surface area contributed by atoms with Gasteiger partial charge < -0.3 is 19.9 Å². The molecule has 1 atom stereocenters. The lowest BCUT2D eigenvalue weighted by Gasteiger charge is -2.35. The SMILES string of the molecule is CN1CCN(c2ccccc2C=C2SCCNC2C=O)CC1. The summed E-state index contributed by atoms with van der Waals surface area (Å²) < 4.78 is 0. The number of para-hydroxylation sites is 1. The summed E-state index contributed by atoms with van der Waals surface area (Å²) >= 11 is 1.79. The molecule has 2 aliphatic heterocycles.